The van der Waals surface area contributed by atoms with Gasteiger partial charge in [-0.2, -0.15) is 18.2 Å². The van der Waals surface area contributed by atoms with E-state index < -0.39 is 18.0 Å². The van der Waals surface area contributed by atoms with E-state index in [4.69, 9.17) is 4.42 Å². The van der Waals surface area contributed by atoms with Gasteiger partial charge in [0.25, 0.3) is 5.82 Å². The number of carbonyl (C=O) groups excluding carboxylic acids is 1. The van der Waals surface area contributed by atoms with Crippen LogP contribution in [0.15, 0.2) is 34.1 Å². The number of alkyl halides is 3. The molecule has 2 aromatic rings. The van der Waals surface area contributed by atoms with Crippen LogP contribution in [0.5, 0.6) is 0 Å². The van der Waals surface area contributed by atoms with Gasteiger partial charge in [-0.15, -0.1) is 5.10 Å². The number of hydrogen-bond acceptors (Lipinski definition) is 5. The van der Waals surface area contributed by atoms with Crippen molar-refractivity contribution in [2.45, 2.75) is 32.0 Å². The van der Waals surface area contributed by atoms with E-state index in [2.05, 4.69) is 15.4 Å². The van der Waals surface area contributed by atoms with Gasteiger partial charge in [-0.3, -0.25) is 4.79 Å². The summed E-state index contributed by atoms with van der Waals surface area (Å²) in [7, 11) is 0. The number of ketones is 1. The van der Waals surface area contributed by atoms with Crippen LogP contribution in [0.4, 0.5) is 19.1 Å². The summed E-state index contributed by atoms with van der Waals surface area (Å²) >= 11 is 0. The lowest BCUT2D eigenvalue weighted by atomic mass is 9.82. The maximum absolute atomic E-state index is 13.0. The van der Waals surface area contributed by atoms with Gasteiger partial charge in [-0.05, 0) is 24.5 Å². The molecular formula is C15H13F3N4O2. The minimum absolute atomic E-state index is 0.0376. The summed E-state index contributed by atoms with van der Waals surface area (Å²) in [5, 5.41) is 6.43. The van der Waals surface area contributed by atoms with Crippen LogP contribution in [-0.4, -0.2) is 20.5 Å². The SMILES string of the molecule is C[C@H]1CC(=O)C2=C(C1)Nc1nc(C(F)(F)F)nn1[C@@H]2c1ccco1. The second-order valence-electron chi connectivity index (χ2n) is 6.07. The van der Waals surface area contributed by atoms with Gasteiger partial charge in [-0.25, -0.2) is 4.68 Å². The number of halogens is 3. The van der Waals surface area contributed by atoms with E-state index in [1.54, 1.807) is 12.1 Å². The number of nitrogens with one attached hydrogen (secondary N) is 1. The van der Waals surface area contributed by atoms with Crippen molar-refractivity contribution in [3.05, 3.63) is 41.3 Å². The fourth-order valence-corrected chi connectivity index (χ4v) is 3.24. The molecule has 2 atom stereocenters. The van der Waals surface area contributed by atoms with Gasteiger partial charge in [0.2, 0.25) is 5.95 Å². The molecule has 0 saturated carbocycles. The molecule has 1 aliphatic heterocycles. The Labute approximate surface area is 134 Å². The predicted octanol–water partition coefficient (Wildman–Crippen LogP) is 3.16. The second kappa shape index (κ2) is 4.96. The molecule has 0 bridgehead atoms. The highest BCUT2D eigenvalue weighted by Gasteiger charge is 2.43. The molecule has 3 heterocycles. The number of Topliss-reactive ketones (excluding diaryl/α,β-unsaturated/α-hetero) is 1. The third-order valence-electron chi connectivity index (χ3n) is 4.19. The molecule has 0 unspecified atom stereocenters. The topological polar surface area (TPSA) is 73.0 Å². The van der Waals surface area contributed by atoms with Crippen LogP contribution in [-0.2, 0) is 11.0 Å². The van der Waals surface area contributed by atoms with Gasteiger partial charge in [0.1, 0.15) is 11.8 Å². The standard InChI is InChI=1S/C15H13F3N4O2/c1-7-5-8-11(9(23)6-7)12(10-3-2-4-24-10)22-14(19-8)20-13(21-22)15(16,17)18/h2-4,7,12H,5-6H2,1H3,(H,19,20,21)/t7-,12-/m1/s1. The van der Waals surface area contributed by atoms with Crippen LogP contribution in [0.3, 0.4) is 0 Å². The quantitative estimate of drug-likeness (QED) is 0.865. The number of rotatable bonds is 1. The average molecular weight is 338 g/mol. The van der Waals surface area contributed by atoms with Crippen LogP contribution in [0, 0.1) is 5.92 Å². The zero-order valence-electron chi connectivity index (χ0n) is 12.6. The molecule has 0 spiro atoms. The van der Waals surface area contributed by atoms with Gasteiger partial charge in [0.15, 0.2) is 5.78 Å². The molecule has 0 saturated heterocycles. The van der Waals surface area contributed by atoms with Gasteiger partial charge in [-0.1, -0.05) is 6.92 Å². The van der Waals surface area contributed by atoms with E-state index in [-0.39, 0.29) is 17.6 Å². The summed E-state index contributed by atoms with van der Waals surface area (Å²) in [6, 6.07) is 2.40. The lowest BCUT2D eigenvalue weighted by Gasteiger charge is -2.32. The first-order valence-electron chi connectivity index (χ1n) is 7.45. The summed E-state index contributed by atoms with van der Waals surface area (Å²) in [5.41, 5.74) is 0.989. The van der Waals surface area contributed by atoms with Crippen molar-refractivity contribution in [1.29, 1.82) is 0 Å². The number of anilines is 1. The highest BCUT2D eigenvalue weighted by Crippen LogP contribution is 2.42. The highest BCUT2D eigenvalue weighted by molar-refractivity contribution is 5.99. The molecular weight excluding hydrogens is 325 g/mol. The molecule has 0 aromatic carbocycles. The van der Waals surface area contributed by atoms with Crippen LogP contribution in [0.25, 0.3) is 0 Å². The summed E-state index contributed by atoms with van der Waals surface area (Å²) < 4.78 is 45.4. The number of aromatic nitrogens is 3. The number of nitrogens with zero attached hydrogens (tertiary/aromatic N) is 3. The molecule has 126 valence electrons. The van der Waals surface area contributed by atoms with Crippen molar-refractivity contribution < 1.29 is 22.4 Å². The molecule has 2 aromatic heterocycles. The molecule has 6 nitrogen and oxygen atoms in total. The minimum atomic E-state index is -4.67. The molecule has 9 heteroatoms. The molecule has 1 N–H and O–H groups in total. The second-order valence-corrected chi connectivity index (χ2v) is 6.07. The monoisotopic (exact) mass is 338 g/mol. The first-order chi connectivity index (χ1) is 11.3. The molecule has 4 rings (SSSR count). The maximum atomic E-state index is 13.0. The van der Waals surface area contributed by atoms with Gasteiger partial charge in [0, 0.05) is 17.7 Å². The van der Waals surface area contributed by atoms with Crippen molar-refractivity contribution in [3.8, 4) is 0 Å². The fourth-order valence-electron chi connectivity index (χ4n) is 3.24. The Morgan fingerprint density at radius 2 is 2.17 bits per heavy atom. The smallest absolute Gasteiger partial charge is 0.453 e. The van der Waals surface area contributed by atoms with E-state index in [9.17, 15) is 18.0 Å². The van der Waals surface area contributed by atoms with Crippen molar-refractivity contribution in [1.82, 2.24) is 14.8 Å². The van der Waals surface area contributed by atoms with Crippen LogP contribution in [0.2, 0.25) is 0 Å². The molecule has 2 aliphatic rings. The molecule has 0 radical (unpaired) electrons. The Balaban J connectivity index is 1.90. The highest BCUT2D eigenvalue weighted by atomic mass is 19.4. The lowest BCUT2D eigenvalue weighted by molar-refractivity contribution is -0.145. The average Bonchev–Trinajstić information content (AvgIpc) is 3.13. The number of fused-ring (bicyclic) bond motifs is 1. The molecule has 0 fully saturated rings. The minimum Gasteiger partial charge on any atom is -0.467 e. The Hall–Kier alpha value is -2.58. The van der Waals surface area contributed by atoms with Crippen molar-refractivity contribution >= 4 is 11.7 Å². The Morgan fingerprint density at radius 1 is 1.38 bits per heavy atom. The number of allylic oxidation sites excluding steroid dienone is 2. The summed E-state index contributed by atoms with van der Waals surface area (Å²) in [6.45, 7) is 1.92. The van der Waals surface area contributed by atoms with E-state index in [1.165, 1.54) is 6.26 Å². The van der Waals surface area contributed by atoms with E-state index in [1.807, 2.05) is 6.92 Å². The molecule has 1 aliphatic carbocycles. The van der Waals surface area contributed by atoms with Crippen LogP contribution >= 0.6 is 0 Å². The predicted molar refractivity (Wildman–Crippen MR) is 75.9 cm³/mol. The number of hydrogen-bond donors (Lipinski definition) is 1. The Bertz CT molecular complexity index is 836. The number of carbonyl (C=O) groups is 1. The zero-order valence-corrected chi connectivity index (χ0v) is 12.6. The Kier molecular flexibility index (Phi) is 3.09. The van der Waals surface area contributed by atoms with Crippen LogP contribution in [0.1, 0.15) is 37.4 Å². The molecule has 24 heavy (non-hydrogen) atoms. The van der Waals surface area contributed by atoms with Crippen molar-refractivity contribution in [2.24, 2.45) is 5.92 Å². The summed E-state index contributed by atoms with van der Waals surface area (Å²) in [6.07, 6.45) is -2.35. The zero-order chi connectivity index (χ0) is 17.1. The van der Waals surface area contributed by atoms with Crippen molar-refractivity contribution in [3.63, 3.8) is 0 Å². The first-order valence-corrected chi connectivity index (χ1v) is 7.45. The van der Waals surface area contributed by atoms with E-state index >= 15 is 0 Å². The van der Waals surface area contributed by atoms with Gasteiger partial charge < -0.3 is 9.73 Å². The third kappa shape index (κ3) is 2.22. The molecule has 0 amide bonds. The summed E-state index contributed by atoms with van der Waals surface area (Å²) in [5.74, 6) is -0.942. The van der Waals surface area contributed by atoms with Gasteiger partial charge >= 0.3 is 6.18 Å². The lowest BCUT2D eigenvalue weighted by Crippen LogP contribution is -2.33. The maximum Gasteiger partial charge on any atom is 0.453 e. The normalized spacial score (nSPS) is 23.8. The van der Waals surface area contributed by atoms with E-state index in [0.29, 0.717) is 29.9 Å². The van der Waals surface area contributed by atoms with Crippen LogP contribution < -0.4 is 5.32 Å². The van der Waals surface area contributed by atoms with E-state index in [0.717, 1.165) is 4.68 Å². The fraction of sp³-hybridized carbons (Fsp3) is 0.400. The number of furan rings is 1. The van der Waals surface area contributed by atoms with Gasteiger partial charge in [0.05, 0.1) is 6.26 Å². The van der Waals surface area contributed by atoms with Crippen molar-refractivity contribution in [2.75, 3.05) is 5.32 Å². The Morgan fingerprint density at radius 3 is 2.83 bits per heavy atom. The largest absolute Gasteiger partial charge is 0.467 e. The third-order valence-corrected chi connectivity index (χ3v) is 4.19. The summed E-state index contributed by atoms with van der Waals surface area (Å²) in [4.78, 5) is 16.1. The first kappa shape index (κ1) is 15.0.